The summed E-state index contributed by atoms with van der Waals surface area (Å²) in [6.45, 7) is 9.86. The molecule has 9 nitrogen and oxygen atoms in total. The van der Waals surface area contributed by atoms with Crippen LogP contribution < -0.4 is 5.32 Å². The van der Waals surface area contributed by atoms with Gasteiger partial charge in [-0.3, -0.25) is 19.7 Å². The second kappa shape index (κ2) is 10.9. The molecule has 2 aromatic rings. The fourth-order valence-corrected chi connectivity index (χ4v) is 4.25. The normalized spacial score (nSPS) is 10.7. The van der Waals surface area contributed by atoms with Gasteiger partial charge in [0.15, 0.2) is 0 Å². The van der Waals surface area contributed by atoms with Crippen molar-refractivity contribution in [2.45, 2.75) is 47.1 Å². The summed E-state index contributed by atoms with van der Waals surface area (Å²) in [4.78, 5) is 50.6. The fraction of sp³-hybridized carbons (Fsp3) is 0.409. The van der Waals surface area contributed by atoms with Crippen molar-refractivity contribution >= 4 is 39.8 Å². The number of nitrogens with one attached hydrogen (secondary N) is 1. The molecule has 2 rings (SSSR count). The van der Waals surface area contributed by atoms with Gasteiger partial charge in [0.05, 0.1) is 27.9 Å². The van der Waals surface area contributed by atoms with Gasteiger partial charge in [0.2, 0.25) is 5.91 Å². The quantitative estimate of drug-likeness (QED) is 0.340. The van der Waals surface area contributed by atoms with Gasteiger partial charge in [0.1, 0.15) is 5.00 Å². The number of benzene rings is 1. The lowest BCUT2D eigenvalue weighted by Crippen LogP contribution is -2.30. The number of carbonyl (C=O) groups excluding carboxylic acids is 3. The van der Waals surface area contributed by atoms with E-state index in [4.69, 9.17) is 4.74 Å². The van der Waals surface area contributed by atoms with Crippen molar-refractivity contribution in [1.82, 2.24) is 4.90 Å². The SMILES string of the molecule is CCN(CC)C(=O)c1sc(NC(=O)Cc2ccc([N+](=O)[O-])cc2)c(C(=O)OC(C)C)c1C. The molecule has 0 aliphatic heterocycles. The number of rotatable bonds is 9. The van der Waals surface area contributed by atoms with E-state index < -0.39 is 16.8 Å². The van der Waals surface area contributed by atoms with Crippen molar-refractivity contribution in [2.24, 2.45) is 0 Å². The van der Waals surface area contributed by atoms with Crippen molar-refractivity contribution in [3.8, 4) is 0 Å². The minimum absolute atomic E-state index is 0.0487. The third-order valence-electron chi connectivity index (χ3n) is 4.70. The summed E-state index contributed by atoms with van der Waals surface area (Å²) in [5, 5.41) is 13.7. The first-order valence-electron chi connectivity index (χ1n) is 10.3. The average Bonchev–Trinajstić information content (AvgIpc) is 3.04. The Hall–Kier alpha value is -3.27. The number of nitrogens with zero attached hydrogens (tertiary/aromatic N) is 2. The third kappa shape index (κ3) is 5.91. The number of amides is 2. The van der Waals surface area contributed by atoms with Gasteiger partial charge in [-0.2, -0.15) is 0 Å². The number of ether oxygens (including phenoxy) is 1. The number of non-ortho nitro benzene ring substituents is 1. The highest BCUT2D eigenvalue weighted by atomic mass is 32.1. The summed E-state index contributed by atoms with van der Waals surface area (Å²) in [6, 6.07) is 5.65. The Bertz CT molecular complexity index is 1010. The summed E-state index contributed by atoms with van der Waals surface area (Å²) in [6.07, 6.45) is -0.417. The van der Waals surface area contributed by atoms with Crippen LogP contribution in [0.25, 0.3) is 0 Å². The standard InChI is InChI=1S/C22H27N3O6S/c1-6-24(7-2)21(27)19-14(5)18(22(28)31-13(3)4)20(32-19)23-17(26)12-15-8-10-16(11-9-15)25(29)30/h8-11,13H,6-7,12H2,1-5H3,(H,23,26). The first-order valence-corrected chi connectivity index (χ1v) is 11.1. The Morgan fingerprint density at radius 3 is 2.25 bits per heavy atom. The van der Waals surface area contributed by atoms with Gasteiger partial charge in [0.25, 0.3) is 11.6 Å². The predicted octanol–water partition coefficient (Wildman–Crippen LogP) is 4.19. The van der Waals surface area contributed by atoms with E-state index in [0.717, 1.165) is 11.3 Å². The Labute approximate surface area is 190 Å². The molecule has 32 heavy (non-hydrogen) atoms. The fourth-order valence-electron chi connectivity index (χ4n) is 3.07. The molecule has 0 bridgehead atoms. The van der Waals surface area contributed by atoms with E-state index in [2.05, 4.69) is 5.32 Å². The second-order valence-electron chi connectivity index (χ2n) is 7.34. The molecule has 0 unspecified atom stereocenters. The van der Waals surface area contributed by atoms with Crippen LogP contribution in [0.5, 0.6) is 0 Å². The first kappa shape index (κ1) is 25.0. The molecule has 0 radical (unpaired) electrons. The predicted molar refractivity (Wildman–Crippen MR) is 122 cm³/mol. The van der Waals surface area contributed by atoms with E-state index in [1.165, 1.54) is 24.3 Å². The van der Waals surface area contributed by atoms with Gasteiger partial charge < -0.3 is 15.0 Å². The third-order valence-corrected chi connectivity index (χ3v) is 5.90. The lowest BCUT2D eigenvalue weighted by molar-refractivity contribution is -0.384. The van der Waals surface area contributed by atoms with Crippen LogP contribution in [0.3, 0.4) is 0 Å². The maximum Gasteiger partial charge on any atom is 0.341 e. The highest BCUT2D eigenvalue weighted by molar-refractivity contribution is 7.18. The Balaban J connectivity index is 2.34. The minimum Gasteiger partial charge on any atom is -0.459 e. The summed E-state index contributed by atoms with van der Waals surface area (Å²) in [7, 11) is 0. The van der Waals surface area contributed by atoms with E-state index in [-0.39, 0.29) is 34.7 Å². The number of carbonyl (C=O) groups is 3. The van der Waals surface area contributed by atoms with Crippen molar-refractivity contribution < 1.29 is 24.0 Å². The van der Waals surface area contributed by atoms with Crippen LogP contribution in [0, 0.1) is 17.0 Å². The molecule has 0 saturated carbocycles. The number of anilines is 1. The van der Waals surface area contributed by atoms with Crippen LogP contribution in [0.15, 0.2) is 24.3 Å². The van der Waals surface area contributed by atoms with E-state index >= 15 is 0 Å². The number of hydrogen-bond donors (Lipinski definition) is 1. The summed E-state index contributed by atoms with van der Waals surface area (Å²) in [5.74, 6) is -1.24. The first-order chi connectivity index (χ1) is 15.1. The maximum atomic E-state index is 12.9. The van der Waals surface area contributed by atoms with Crippen LogP contribution >= 0.6 is 11.3 Å². The molecule has 0 aliphatic carbocycles. The number of nitro groups is 1. The molecule has 10 heteroatoms. The Morgan fingerprint density at radius 2 is 1.75 bits per heavy atom. The largest absolute Gasteiger partial charge is 0.459 e. The molecule has 1 aromatic heterocycles. The molecule has 0 fully saturated rings. The topological polar surface area (TPSA) is 119 Å². The maximum absolute atomic E-state index is 12.9. The zero-order chi connectivity index (χ0) is 24.0. The second-order valence-corrected chi connectivity index (χ2v) is 8.36. The lowest BCUT2D eigenvalue weighted by atomic mass is 10.1. The molecule has 0 aliphatic rings. The molecule has 1 N–H and O–H groups in total. The Kier molecular flexibility index (Phi) is 8.48. The minimum atomic E-state index is -0.613. The van der Waals surface area contributed by atoms with Crippen LogP contribution in [0.1, 0.15) is 58.9 Å². The van der Waals surface area contributed by atoms with Gasteiger partial charge in [0, 0.05) is 25.2 Å². The molecule has 1 aromatic carbocycles. The molecular formula is C22H27N3O6S. The summed E-state index contributed by atoms with van der Waals surface area (Å²) >= 11 is 1.04. The number of esters is 1. The highest BCUT2D eigenvalue weighted by Crippen LogP contribution is 2.35. The summed E-state index contributed by atoms with van der Waals surface area (Å²) < 4.78 is 5.33. The lowest BCUT2D eigenvalue weighted by Gasteiger charge is -2.18. The monoisotopic (exact) mass is 461 g/mol. The van der Waals surface area contributed by atoms with Crippen molar-refractivity contribution in [2.75, 3.05) is 18.4 Å². The molecule has 0 spiro atoms. The zero-order valence-corrected chi connectivity index (χ0v) is 19.6. The molecule has 1 heterocycles. The van der Waals surface area contributed by atoms with Gasteiger partial charge in [-0.1, -0.05) is 12.1 Å². The van der Waals surface area contributed by atoms with Gasteiger partial charge in [-0.05, 0) is 45.7 Å². The average molecular weight is 462 g/mol. The van der Waals surface area contributed by atoms with Crippen LogP contribution in [-0.4, -0.2) is 46.8 Å². The van der Waals surface area contributed by atoms with Crippen molar-refractivity contribution in [3.05, 3.63) is 55.9 Å². The molecular weight excluding hydrogens is 434 g/mol. The molecule has 2 amide bonds. The van der Waals surface area contributed by atoms with E-state index in [9.17, 15) is 24.5 Å². The van der Waals surface area contributed by atoms with Crippen LogP contribution in [0.2, 0.25) is 0 Å². The zero-order valence-electron chi connectivity index (χ0n) is 18.8. The van der Waals surface area contributed by atoms with Crippen molar-refractivity contribution in [1.29, 1.82) is 0 Å². The van der Waals surface area contributed by atoms with E-state index in [1.807, 2.05) is 13.8 Å². The van der Waals surface area contributed by atoms with Gasteiger partial charge in [-0.15, -0.1) is 11.3 Å². The highest BCUT2D eigenvalue weighted by Gasteiger charge is 2.28. The van der Waals surface area contributed by atoms with Crippen LogP contribution in [-0.2, 0) is 16.0 Å². The van der Waals surface area contributed by atoms with Gasteiger partial charge >= 0.3 is 5.97 Å². The molecule has 172 valence electrons. The Morgan fingerprint density at radius 1 is 1.16 bits per heavy atom. The number of hydrogen-bond acceptors (Lipinski definition) is 7. The number of nitro benzene ring substituents is 1. The summed E-state index contributed by atoms with van der Waals surface area (Å²) in [5.41, 5.74) is 1.13. The molecule has 0 saturated heterocycles. The number of thiophene rings is 1. The van der Waals surface area contributed by atoms with Crippen molar-refractivity contribution in [3.63, 3.8) is 0 Å². The van der Waals surface area contributed by atoms with E-state index in [0.29, 0.717) is 29.1 Å². The molecule has 0 atom stereocenters. The van der Waals surface area contributed by atoms with Gasteiger partial charge in [-0.25, -0.2) is 4.79 Å². The smallest absolute Gasteiger partial charge is 0.341 e. The van der Waals surface area contributed by atoms with E-state index in [1.54, 1.807) is 25.7 Å². The van der Waals surface area contributed by atoms with Crippen LogP contribution in [0.4, 0.5) is 10.7 Å².